The van der Waals surface area contributed by atoms with Crippen LogP contribution >= 0.6 is 11.3 Å². The molecule has 0 fully saturated rings. The number of ether oxygens (including phenoxy) is 2. The van der Waals surface area contributed by atoms with Crippen molar-refractivity contribution in [3.8, 4) is 11.5 Å². The van der Waals surface area contributed by atoms with Crippen LogP contribution in [0.15, 0.2) is 24.4 Å². The van der Waals surface area contributed by atoms with Crippen LogP contribution in [0.2, 0.25) is 0 Å². The maximum atomic E-state index is 11.7. The number of esters is 1. The molecule has 108 valence electrons. The number of nitrogens with zero attached hydrogens (tertiary/aromatic N) is 1. The number of methoxy groups -OCH3 is 1. The fourth-order valence-corrected chi connectivity index (χ4v) is 3.31. The van der Waals surface area contributed by atoms with E-state index in [0.717, 1.165) is 21.4 Å². The van der Waals surface area contributed by atoms with Gasteiger partial charge in [0.2, 0.25) is 0 Å². The number of pyridine rings is 1. The highest BCUT2D eigenvalue weighted by atomic mass is 32.1. The second-order valence-electron chi connectivity index (χ2n) is 4.38. The monoisotopic (exact) mass is 303 g/mol. The van der Waals surface area contributed by atoms with Crippen LogP contribution in [0.3, 0.4) is 0 Å². The zero-order valence-electron chi connectivity index (χ0n) is 11.5. The maximum absolute atomic E-state index is 11.7. The maximum Gasteiger partial charge on any atom is 0.351 e. The highest BCUT2D eigenvalue weighted by Crippen LogP contribution is 2.40. The molecule has 2 aromatic heterocycles. The predicted octanol–water partition coefficient (Wildman–Crippen LogP) is 3.34. The van der Waals surface area contributed by atoms with Gasteiger partial charge in [-0.3, -0.25) is 4.98 Å². The van der Waals surface area contributed by atoms with E-state index in [1.807, 2.05) is 25.1 Å². The highest BCUT2D eigenvalue weighted by molar-refractivity contribution is 7.22. The van der Waals surface area contributed by atoms with Crippen LogP contribution < -0.4 is 4.74 Å². The van der Waals surface area contributed by atoms with E-state index in [-0.39, 0.29) is 10.6 Å². The Balaban J connectivity index is 2.26. The summed E-state index contributed by atoms with van der Waals surface area (Å²) >= 11 is 1.20. The Labute approximate surface area is 124 Å². The first-order valence-corrected chi connectivity index (χ1v) is 7.22. The van der Waals surface area contributed by atoms with Crippen molar-refractivity contribution < 1.29 is 19.4 Å². The number of rotatable bonds is 3. The summed E-state index contributed by atoms with van der Waals surface area (Å²) in [6.45, 7) is 2.50. The van der Waals surface area contributed by atoms with Crippen molar-refractivity contribution in [3.05, 3.63) is 29.3 Å². The summed E-state index contributed by atoms with van der Waals surface area (Å²) in [7, 11) is 1.29. The smallest absolute Gasteiger partial charge is 0.351 e. The van der Waals surface area contributed by atoms with Gasteiger partial charge < -0.3 is 14.6 Å². The van der Waals surface area contributed by atoms with E-state index in [9.17, 15) is 9.90 Å². The van der Waals surface area contributed by atoms with Gasteiger partial charge in [-0.15, -0.1) is 11.3 Å². The van der Waals surface area contributed by atoms with Gasteiger partial charge >= 0.3 is 5.97 Å². The predicted molar refractivity (Wildman–Crippen MR) is 81.3 cm³/mol. The minimum atomic E-state index is -0.548. The van der Waals surface area contributed by atoms with Gasteiger partial charge in [-0.1, -0.05) is 0 Å². The van der Waals surface area contributed by atoms with E-state index in [2.05, 4.69) is 9.72 Å². The van der Waals surface area contributed by atoms with E-state index in [1.54, 1.807) is 6.20 Å². The number of hydrogen-bond donors (Lipinski definition) is 1. The second-order valence-corrected chi connectivity index (χ2v) is 5.40. The van der Waals surface area contributed by atoms with Crippen LogP contribution in [0.5, 0.6) is 11.5 Å². The molecule has 3 aromatic rings. The van der Waals surface area contributed by atoms with Gasteiger partial charge in [0.05, 0.1) is 24.6 Å². The topological polar surface area (TPSA) is 68.7 Å². The van der Waals surface area contributed by atoms with Gasteiger partial charge in [0.1, 0.15) is 11.5 Å². The Hall–Kier alpha value is -2.34. The Morgan fingerprint density at radius 3 is 2.90 bits per heavy atom. The van der Waals surface area contributed by atoms with Crippen LogP contribution in [0.25, 0.3) is 21.0 Å². The van der Waals surface area contributed by atoms with Crippen molar-refractivity contribution in [2.24, 2.45) is 0 Å². The number of benzene rings is 1. The molecule has 0 unspecified atom stereocenters. The molecule has 0 aliphatic carbocycles. The first-order chi connectivity index (χ1) is 10.2. The van der Waals surface area contributed by atoms with Crippen molar-refractivity contribution >= 4 is 38.3 Å². The van der Waals surface area contributed by atoms with E-state index in [0.29, 0.717) is 12.0 Å². The minimum Gasteiger partial charge on any atom is -0.505 e. The number of hydrogen-bond acceptors (Lipinski definition) is 6. The summed E-state index contributed by atoms with van der Waals surface area (Å²) in [5.41, 5.74) is 0.756. The van der Waals surface area contributed by atoms with E-state index >= 15 is 0 Å². The summed E-state index contributed by atoms with van der Waals surface area (Å²) < 4.78 is 10.9. The number of carbonyl (C=O) groups excluding carboxylic acids is 1. The van der Waals surface area contributed by atoms with Gasteiger partial charge in [-0.05, 0) is 19.1 Å². The second kappa shape index (κ2) is 5.21. The molecule has 5 nitrogen and oxygen atoms in total. The van der Waals surface area contributed by atoms with Crippen molar-refractivity contribution in [3.63, 3.8) is 0 Å². The summed E-state index contributed by atoms with van der Waals surface area (Å²) in [5.74, 6) is 0.115. The SMILES string of the molecule is CCOc1ccc2c(c1)ncc1c(O)c(C(=O)OC)sc12. The number of thiophene rings is 1. The number of carbonyl (C=O) groups is 1. The molecule has 0 amide bonds. The van der Waals surface area contributed by atoms with Gasteiger partial charge in [-0.2, -0.15) is 0 Å². The fourth-order valence-electron chi connectivity index (χ4n) is 2.19. The van der Waals surface area contributed by atoms with Crippen molar-refractivity contribution in [2.45, 2.75) is 6.92 Å². The van der Waals surface area contributed by atoms with Gasteiger partial charge in [0, 0.05) is 22.3 Å². The Bertz CT molecular complexity index is 840. The first kappa shape index (κ1) is 13.6. The van der Waals surface area contributed by atoms with Crippen LogP contribution in [0.4, 0.5) is 0 Å². The molecular weight excluding hydrogens is 290 g/mol. The molecule has 6 heteroatoms. The molecule has 0 aliphatic rings. The minimum absolute atomic E-state index is 0.0786. The molecule has 21 heavy (non-hydrogen) atoms. The Kier molecular flexibility index (Phi) is 3.39. The number of aromatic hydroxyl groups is 1. The third-order valence-electron chi connectivity index (χ3n) is 3.15. The molecule has 0 spiro atoms. The molecule has 3 rings (SSSR count). The molecule has 1 N–H and O–H groups in total. The normalized spacial score (nSPS) is 11.0. The van der Waals surface area contributed by atoms with Crippen LogP contribution in [0, 0.1) is 0 Å². The average Bonchev–Trinajstić information content (AvgIpc) is 2.84. The van der Waals surface area contributed by atoms with E-state index < -0.39 is 5.97 Å². The third kappa shape index (κ3) is 2.17. The number of aromatic nitrogens is 1. The molecule has 0 atom stereocenters. The summed E-state index contributed by atoms with van der Waals surface area (Å²) in [4.78, 5) is 16.2. The fraction of sp³-hybridized carbons (Fsp3) is 0.200. The van der Waals surface area contributed by atoms with E-state index in [4.69, 9.17) is 4.74 Å². The Morgan fingerprint density at radius 1 is 1.38 bits per heavy atom. The van der Waals surface area contributed by atoms with Crippen LogP contribution in [0.1, 0.15) is 16.6 Å². The van der Waals surface area contributed by atoms with Crippen molar-refractivity contribution in [2.75, 3.05) is 13.7 Å². The molecule has 0 saturated carbocycles. The lowest BCUT2D eigenvalue weighted by Crippen LogP contribution is -1.97. The third-order valence-corrected chi connectivity index (χ3v) is 4.36. The average molecular weight is 303 g/mol. The molecular formula is C15H13NO4S. The van der Waals surface area contributed by atoms with Crippen LogP contribution in [-0.2, 0) is 4.74 Å². The summed E-state index contributed by atoms with van der Waals surface area (Å²) in [6, 6.07) is 5.57. The zero-order valence-corrected chi connectivity index (χ0v) is 12.4. The quantitative estimate of drug-likeness (QED) is 0.752. The summed E-state index contributed by atoms with van der Waals surface area (Å²) in [5, 5.41) is 11.6. The lowest BCUT2D eigenvalue weighted by atomic mass is 10.1. The molecule has 0 bridgehead atoms. The standard InChI is InChI=1S/C15H13NO4S/c1-3-20-8-4-5-9-11(6-8)16-7-10-12(17)14(15(18)19-2)21-13(9)10/h4-7,17H,3H2,1-2H3. The highest BCUT2D eigenvalue weighted by Gasteiger charge is 2.20. The number of fused-ring (bicyclic) bond motifs is 3. The summed E-state index contributed by atoms with van der Waals surface area (Å²) in [6.07, 6.45) is 1.56. The Morgan fingerprint density at radius 2 is 2.19 bits per heavy atom. The van der Waals surface area contributed by atoms with Gasteiger partial charge in [0.25, 0.3) is 0 Å². The van der Waals surface area contributed by atoms with E-state index in [1.165, 1.54) is 18.4 Å². The zero-order chi connectivity index (χ0) is 15.0. The molecule has 2 heterocycles. The molecule has 0 saturated heterocycles. The lowest BCUT2D eigenvalue weighted by molar-refractivity contribution is 0.0603. The van der Waals surface area contributed by atoms with Gasteiger partial charge in [-0.25, -0.2) is 4.79 Å². The van der Waals surface area contributed by atoms with Gasteiger partial charge in [0.15, 0.2) is 4.88 Å². The van der Waals surface area contributed by atoms with Crippen molar-refractivity contribution in [1.29, 1.82) is 0 Å². The van der Waals surface area contributed by atoms with Crippen LogP contribution in [-0.4, -0.2) is 29.8 Å². The molecule has 1 aromatic carbocycles. The molecule has 0 aliphatic heterocycles. The van der Waals surface area contributed by atoms with Crippen molar-refractivity contribution in [1.82, 2.24) is 4.98 Å². The largest absolute Gasteiger partial charge is 0.505 e. The lowest BCUT2D eigenvalue weighted by Gasteiger charge is -2.04. The molecule has 0 radical (unpaired) electrons. The first-order valence-electron chi connectivity index (χ1n) is 6.41.